The normalized spacial score (nSPS) is 16.0. The van der Waals surface area contributed by atoms with Gasteiger partial charge in [-0.3, -0.25) is 14.5 Å². The molecule has 1 N–H and O–H groups in total. The Balaban J connectivity index is 1.74. The Morgan fingerprint density at radius 2 is 2.04 bits per heavy atom. The smallest absolute Gasteiger partial charge is 0.259 e. The molecular weight excluding hydrogens is 312 g/mol. The second kappa shape index (κ2) is 6.25. The van der Waals surface area contributed by atoms with Crippen molar-refractivity contribution in [2.75, 3.05) is 26.2 Å². The maximum atomic E-state index is 12.3. The van der Waals surface area contributed by atoms with Gasteiger partial charge in [0.1, 0.15) is 10.7 Å². The molecule has 122 valence electrons. The van der Waals surface area contributed by atoms with Gasteiger partial charge in [-0.25, -0.2) is 4.98 Å². The van der Waals surface area contributed by atoms with Crippen molar-refractivity contribution in [3.63, 3.8) is 0 Å². The minimum Gasteiger partial charge on any atom is -0.337 e. The van der Waals surface area contributed by atoms with E-state index in [9.17, 15) is 9.59 Å². The lowest BCUT2D eigenvalue weighted by atomic mass is 10.2. The molecule has 1 aliphatic heterocycles. The zero-order valence-corrected chi connectivity index (χ0v) is 14.2. The Morgan fingerprint density at radius 3 is 2.70 bits per heavy atom. The number of rotatable bonds is 3. The van der Waals surface area contributed by atoms with Crippen molar-refractivity contribution in [1.29, 1.82) is 0 Å². The average molecular weight is 332 g/mol. The number of hydrogen-bond donors (Lipinski definition) is 1. The van der Waals surface area contributed by atoms with E-state index in [1.54, 1.807) is 16.2 Å². The summed E-state index contributed by atoms with van der Waals surface area (Å²) in [6.07, 6.45) is 1.35. The number of H-pyrrole nitrogens is 1. The Bertz CT molecular complexity index is 815. The van der Waals surface area contributed by atoms with E-state index in [-0.39, 0.29) is 11.5 Å². The van der Waals surface area contributed by atoms with Gasteiger partial charge in [-0.15, -0.1) is 11.3 Å². The van der Waals surface area contributed by atoms with Gasteiger partial charge in [0, 0.05) is 31.1 Å². The molecule has 0 radical (unpaired) electrons. The number of aromatic nitrogens is 2. The number of aryl methyl sites for hydroxylation is 2. The standard InChI is InChI=1S/C16H20N4O2S/c1-4-13(21)20-7-5-19(6-8-20)9-12-17-15(22)14-10(2)11(3)23-16(14)18-12/h4H,1,5-9H2,2-3H3,(H,17,18,22). The lowest BCUT2D eigenvalue weighted by Crippen LogP contribution is -2.48. The van der Waals surface area contributed by atoms with E-state index in [4.69, 9.17) is 0 Å². The second-order valence-corrected chi connectivity index (χ2v) is 6.98. The molecule has 1 fully saturated rings. The molecule has 2 aromatic heterocycles. The van der Waals surface area contributed by atoms with Crippen LogP contribution in [-0.4, -0.2) is 51.9 Å². The molecular formula is C16H20N4O2S. The molecule has 0 atom stereocenters. The maximum Gasteiger partial charge on any atom is 0.259 e. The van der Waals surface area contributed by atoms with Gasteiger partial charge in [-0.2, -0.15) is 0 Å². The Labute approximate surface area is 138 Å². The van der Waals surface area contributed by atoms with Crippen LogP contribution in [0, 0.1) is 13.8 Å². The predicted molar refractivity (Wildman–Crippen MR) is 91.8 cm³/mol. The van der Waals surface area contributed by atoms with Crippen molar-refractivity contribution in [1.82, 2.24) is 19.8 Å². The first kappa shape index (κ1) is 15.9. The van der Waals surface area contributed by atoms with Crippen LogP contribution in [0.4, 0.5) is 0 Å². The Hall–Kier alpha value is -1.99. The number of aromatic amines is 1. The van der Waals surface area contributed by atoms with Gasteiger partial charge in [0.05, 0.1) is 11.9 Å². The highest BCUT2D eigenvalue weighted by Gasteiger charge is 2.20. The molecule has 0 unspecified atom stereocenters. The van der Waals surface area contributed by atoms with Crippen LogP contribution in [0.15, 0.2) is 17.4 Å². The third-order valence-corrected chi connectivity index (χ3v) is 5.42. The highest BCUT2D eigenvalue weighted by Crippen LogP contribution is 2.25. The summed E-state index contributed by atoms with van der Waals surface area (Å²) in [4.78, 5) is 37.3. The fraction of sp³-hybridized carbons (Fsp3) is 0.438. The molecule has 0 saturated carbocycles. The molecule has 6 nitrogen and oxygen atoms in total. The van der Waals surface area contributed by atoms with E-state index in [0.717, 1.165) is 28.4 Å². The molecule has 3 rings (SSSR count). The topological polar surface area (TPSA) is 69.3 Å². The van der Waals surface area contributed by atoms with Gasteiger partial charge in [-0.1, -0.05) is 6.58 Å². The summed E-state index contributed by atoms with van der Waals surface area (Å²) in [6, 6.07) is 0. The van der Waals surface area contributed by atoms with Crippen molar-refractivity contribution in [3.05, 3.63) is 39.3 Å². The van der Waals surface area contributed by atoms with Crippen LogP contribution in [-0.2, 0) is 11.3 Å². The second-order valence-electron chi connectivity index (χ2n) is 5.78. The Kier molecular flexibility index (Phi) is 4.32. The Morgan fingerprint density at radius 1 is 1.35 bits per heavy atom. The number of nitrogens with one attached hydrogen (secondary N) is 1. The first-order valence-electron chi connectivity index (χ1n) is 7.62. The van der Waals surface area contributed by atoms with Gasteiger partial charge in [-0.05, 0) is 25.5 Å². The van der Waals surface area contributed by atoms with E-state index in [0.29, 0.717) is 30.8 Å². The predicted octanol–water partition coefficient (Wildman–Crippen LogP) is 1.43. The largest absolute Gasteiger partial charge is 0.337 e. The molecule has 2 aromatic rings. The van der Waals surface area contributed by atoms with Crippen LogP contribution in [0.2, 0.25) is 0 Å². The maximum absolute atomic E-state index is 12.3. The van der Waals surface area contributed by atoms with Crippen LogP contribution in [0.3, 0.4) is 0 Å². The van der Waals surface area contributed by atoms with Crippen molar-refractivity contribution in [2.24, 2.45) is 0 Å². The molecule has 3 heterocycles. The molecule has 0 aliphatic carbocycles. The summed E-state index contributed by atoms with van der Waals surface area (Å²) in [7, 11) is 0. The van der Waals surface area contributed by atoms with Crippen LogP contribution < -0.4 is 5.56 Å². The fourth-order valence-electron chi connectivity index (χ4n) is 2.84. The molecule has 7 heteroatoms. The van der Waals surface area contributed by atoms with Crippen molar-refractivity contribution >= 4 is 27.5 Å². The van der Waals surface area contributed by atoms with Crippen molar-refractivity contribution in [3.8, 4) is 0 Å². The summed E-state index contributed by atoms with van der Waals surface area (Å²) in [6.45, 7) is 11.0. The number of carbonyl (C=O) groups is 1. The number of thiophene rings is 1. The van der Waals surface area contributed by atoms with Crippen molar-refractivity contribution < 1.29 is 4.79 Å². The highest BCUT2D eigenvalue weighted by molar-refractivity contribution is 7.18. The molecule has 1 aliphatic rings. The molecule has 1 amide bonds. The van der Waals surface area contributed by atoms with E-state index in [2.05, 4.69) is 21.4 Å². The van der Waals surface area contributed by atoms with E-state index < -0.39 is 0 Å². The van der Waals surface area contributed by atoms with Crippen LogP contribution >= 0.6 is 11.3 Å². The summed E-state index contributed by atoms with van der Waals surface area (Å²) in [5.74, 6) is 0.661. The summed E-state index contributed by atoms with van der Waals surface area (Å²) >= 11 is 1.56. The third-order valence-electron chi connectivity index (χ3n) is 4.32. The van der Waals surface area contributed by atoms with Gasteiger partial charge in [0.2, 0.25) is 5.91 Å². The first-order valence-corrected chi connectivity index (χ1v) is 8.44. The van der Waals surface area contributed by atoms with Gasteiger partial charge in [0.25, 0.3) is 5.56 Å². The lowest BCUT2D eigenvalue weighted by molar-refractivity contribution is -0.127. The van der Waals surface area contributed by atoms with Gasteiger partial charge < -0.3 is 9.88 Å². The monoisotopic (exact) mass is 332 g/mol. The fourth-order valence-corrected chi connectivity index (χ4v) is 3.89. The number of nitrogens with zero attached hydrogens (tertiary/aromatic N) is 3. The van der Waals surface area contributed by atoms with E-state index >= 15 is 0 Å². The third kappa shape index (κ3) is 3.07. The van der Waals surface area contributed by atoms with E-state index in [1.165, 1.54) is 6.08 Å². The zero-order chi connectivity index (χ0) is 16.6. The minimum absolute atomic E-state index is 0.0258. The van der Waals surface area contributed by atoms with E-state index in [1.807, 2.05) is 13.8 Å². The number of fused-ring (bicyclic) bond motifs is 1. The van der Waals surface area contributed by atoms with Crippen LogP contribution in [0.1, 0.15) is 16.3 Å². The summed E-state index contributed by atoms with van der Waals surface area (Å²) < 4.78 is 0. The van der Waals surface area contributed by atoms with Crippen LogP contribution in [0.5, 0.6) is 0 Å². The average Bonchev–Trinajstić information content (AvgIpc) is 2.82. The summed E-state index contributed by atoms with van der Waals surface area (Å²) in [5, 5.41) is 0.706. The quantitative estimate of drug-likeness (QED) is 0.864. The van der Waals surface area contributed by atoms with Gasteiger partial charge >= 0.3 is 0 Å². The molecule has 0 bridgehead atoms. The molecule has 0 aromatic carbocycles. The molecule has 1 saturated heterocycles. The molecule has 0 spiro atoms. The molecule has 23 heavy (non-hydrogen) atoms. The summed E-state index contributed by atoms with van der Waals surface area (Å²) in [5.41, 5.74) is 0.953. The number of piperazine rings is 1. The highest BCUT2D eigenvalue weighted by atomic mass is 32.1. The SMILES string of the molecule is C=CC(=O)N1CCN(Cc2nc3sc(C)c(C)c3c(=O)[nH]2)CC1. The lowest BCUT2D eigenvalue weighted by Gasteiger charge is -2.33. The number of carbonyl (C=O) groups excluding carboxylic acids is 1. The van der Waals surface area contributed by atoms with Gasteiger partial charge in [0.15, 0.2) is 0 Å². The number of hydrogen-bond acceptors (Lipinski definition) is 5. The van der Waals surface area contributed by atoms with Crippen molar-refractivity contribution in [2.45, 2.75) is 20.4 Å². The minimum atomic E-state index is -0.0627. The zero-order valence-electron chi connectivity index (χ0n) is 13.4. The number of amides is 1. The van der Waals surface area contributed by atoms with Crippen LogP contribution in [0.25, 0.3) is 10.2 Å². The first-order chi connectivity index (χ1) is 11.0.